The summed E-state index contributed by atoms with van der Waals surface area (Å²) >= 11 is 0. The Bertz CT molecular complexity index is 522. The molecule has 0 aliphatic rings. The van der Waals surface area contributed by atoms with Crippen LogP contribution in [0.4, 0.5) is 5.69 Å². The summed E-state index contributed by atoms with van der Waals surface area (Å²) < 4.78 is 0. The minimum Gasteiger partial charge on any atom is -0.326 e. The molecule has 0 fully saturated rings. The van der Waals surface area contributed by atoms with Crippen molar-refractivity contribution in [1.82, 2.24) is 9.97 Å². The minimum atomic E-state index is -0.0300. The molecule has 0 bridgehead atoms. The highest BCUT2D eigenvalue weighted by molar-refractivity contribution is 5.93. The average molecular weight is 215 g/mol. The normalized spacial score (nSPS) is 10.7. The van der Waals surface area contributed by atoms with Crippen LogP contribution in [0.3, 0.4) is 0 Å². The summed E-state index contributed by atoms with van der Waals surface area (Å²) in [6.45, 7) is 3.71. The number of amides is 1. The van der Waals surface area contributed by atoms with Crippen molar-refractivity contribution in [2.45, 2.75) is 13.8 Å². The van der Waals surface area contributed by atoms with Gasteiger partial charge in [-0.2, -0.15) is 0 Å². The number of nitrogens with zero attached hydrogens (tertiary/aromatic N) is 2. The smallest absolute Gasteiger partial charge is 0.226 e. The topological polar surface area (TPSA) is 54.9 Å². The molecule has 0 saturated carbocycles. The highest BCUT2D eigenvalue weighted by Crippen LogP contribution is 2.15. The summed E-state index contributed by atoms with van der Waals surface area (Å²) in [5.74, 6) is -0.0270. The van der Waals surface area contributed by atoms with E-state index in [4.69, 9.17) is 0 Å². The molecule has 1 aromatic heterocycles. The van der Waals surface area contributed by atoms with Gasteiger partial charge >= 0.3 is 0 Å². The molecule has 1 N–H and O–H groups in total. The van der Waals surface area contributed by atoms with Crippen molar-refractivity contribution in [3.63, 3.8) is 0 Å². The molecule has 1 aromatic carbocycles. The molecule has 1 heterocycles. The summed E-state index contributed by atoms with van der Waals surface area (Å²) in [7, 11) is 0. The summed E-state index contributed by atoms with van der Waals surface area (Å²) in [6, 6.07) is 5.50. The summed E-state index contributed by atoms with van der Waals surface area (Å²) in [6.07, 6.45) is 3.28. The molecule has 2 rings (SSSR count). The van der Waals surface area contributed by atoms with Gasteiger partial charge in [0.05, 0.1) is 11.0 Å². The Balaban J connectivity index is 2.29. The van der Waals surface area contributed by atoms with Crippen molar-refractivity contribution < 1.29 is 4.79 Å². The predicted molar refractivity (Wildman–Crippen MR) is 63.0 cm³/mol. The van der Waals surface area contributed by atoms with Gasteiger partial charge in [-0.25, -0.2) is 0 Å². The third kappa shape index (κ3) is 2.16. The van der Waals surface area contributed by atoms with Crippen LogP contribution in [0.1, 0.15) is 13.8 Å². The fourth-order valence-corrected chi connectivity index (χ4v) is 1.33. The quantitative estimate of drug-likeness (QED) is 0.835. The number of aromatic nitrogens is 2. The van der Waals surface area contributed by atoms with Crippen molar-refractivity contribution in [1.29, 1.82) is 0 Å². The molecule has 2 aromatic rings. The van der Waals surface area contributed by atoms with Crippen LogP contribution < -0.4 is 5.32 Å². The van der Waals surface area contributed by atoms with Crippen LogP contribution in [-0.4, -0.2) is 15.9 Å². The molecule has 1 amide bonds. The summed E-state index contributed by atoms with van der Waals surface area (Å²) in [5, 5.41) is 2.83. The maximum absolute atomic E-state index is 11.5. The first-order valence-corrected chi connectivity index (χ1v) is 5.18. The van der Waals surface area contributed by atoms with E-state index in [9.17, 15) is 4.79 Å². The van der Waals surface area contributed by atoms with Crippen molar-refractivity contribution in [2.75, 3.05) is 5.32 Å². The van der Waals surface area contributed by atoms with Gasteiger partial charge in [0, 0.05) is 24.0 Å². The first-order valence-electron chi connectivity index (χ1n) is 5.18. The lowest BCUT2D eigenvalue weighted by atomic mass is 10.2. The number of anilines is 1. The zero-order chi connectivity index (χ0) is 11.5. The Morgan fingerprint density at radius 1 is 1.19 bits per heavy atom. The van der Waals surface area contributed by atoms with E-state index in [2.05, 4.69) is 15.3 Å². The Hall–Kier alpha value is -1.97. The van der Waals surface area contributed by atoms with E-state index >= 15 is 0 Å². The van der Waals surface area contributed by atoms with Crippen LogP contribution in [-0.2, 0) is 4.79 Å². The van der Waals surface area contributed by atoms with Crippen molar-refractivity contribution in [3.8, 4) is 0 Å². The van der Waals surface area contributed by atoms with Crippen LogP contribution in [0, 0.1) is 5.92 Å². The molecule has 0 aliphatic carbocycles. The standard InChI is InChI=1S/C12H13N3O/c1-8(2)12(16)15-9-3-4-10-11(7-9)14-6-5-13-10/h3-8H,1-2H3,(H,15,16). The van der Waals surface area contributed by atoms with E-state index in [1.165, 1.54) is 0 Å². The largest absolute Gasteiger partial charge is 0.326 e. The second-order valence-electron chi connectivity index (χ2n) is 3.90. The molecule has 82 valence electrons. The Kier molecular flexibility index (Phi) is 2.81. The Labute approximate surface area is 93.7 Å². The molecular formula is C12H13N3O. The fourth-order valence-electron chi connectivity index (χ4n) is 1.33. The fraction of sp³-hybridized carbons (Fsp3) is 0.250. The van der Waals surface area contributed by atoms with Crippen LogP contribution >= 0.6 is 0 Å². The number of benzene rings is 1. The van der Waals surface area contributed by atoms with E-state index < -0.39 is 0 Å². The molecule has 16 heavy (non-hydrogen) atoms. The molecule has 4 heteroatoms. The second-order valence-corrected chi connectivity index (χ2v) is 3.90. The Morgan fingerprint density at radius 2 is 1.88 bits per heavy atom. The van der Waals surface area contributed by atoms with Gasteiger partial charge in [0.25, 0.3) is 0 Å². The van der Waals surface area contributed by atoms with E-state index in [0.717, 1.165) is 16.7 Å². The van der Waals surface area contributed by atoms with Gasteiger partial charge in [-0.15, -0.1) is 0 Å². The monoisotopic (exact) mass is 215 g/mol. The van der Waals surface area contributed by atoms with Gasteiger partial charge in [0.1, 0.15) is 0 Å². The number of rotatable bonds is 2. The second kappa shape index (κ2) is 4.26. The number of hydrogen-bond donors (Lipinski definition) is 1. The van der Waals surface area contributed by atoms with Crippen molar-refractivity contribution in [2.24, 2.45) is 5.92 Å². The van der Waals surface area contributed by atoms with Gasteiger partial charge in [-0.05, 0) is 18.2 Å². The zero-order valence-electron chi connectivity index (χ0n) is 9.27. The van der Waals surface area contributed by atoms with Gasteiger partial charge in [0.2, 0.25) is 5.91 Å². The van der Waals surface area contributed by atoms with E-state index in [-0.39, 0.29) is 11.8 Å². The van der Waals surface area contributed by atoms with Crippen LogP contribution in [0.2, 0.25) is 0 Å². The Morgan fingerprint density at radius 3 is 2.56 bits per heavy atom. The number of fused-ring (bicyclic) bond motifs is 1. The number of hydrogen-bond acceptors (Lipinski definition) is 3. The van der Waals surface area contributed by atoms with Gasteiger partial charge in [0.15, 0.2) is 0 Å². The maximum atomic E-state index is 11.5. The molecule has 0 radical (unpaired) electrons. The molecular weight excluding hydrogens is 202 g/mol. The van der Waals surface area contributed by atoms with Crippen LogP contribution in [0.25, 0.3) is 11.0 Å². The van der Waals surface area contributed by atoms with E-state index in [1.807, 2.05) is 32.0 Å². The number of nitrogens with one attached hydrogen (secondary N) is 1. The third-order valence-electron chi connectivity index (χ3n) is 2.26. The van der Waals surface area contributed by atoms with Crippen molar-refractivity contribution >= 4 is 22.6 Å². The highest BCUT2D eigenvalue weighted by atomic mass is 16.1. The van der Waals surface area contributed by atoms with E-state index in [0.29, 0.717) is 0 Å². The first-order chi connectivity index (χ1) is 7.66. The van der Waals surface area contributed by atoms with Crippen molar-refractivity contribution in [3.05, 3.63) is 30.6 Å². The van der Waals surface area contributed by atoms with Crippen LogP contribution in [0.5, 0.6) is 0 Å². The first kappa shape index (κ1) is 10.5. The number of carbonyl (C=O) groups excluding carboxylic acids is 1. The molecule has 0 aliphatic heterocycles. The van der Waals surface area contributed by atoms with Crippen LogP contribution in [0.15, 0.2) is 30.6 Å². The molecule has 0 saturated heterocycles. The van der Waals surface area contributed by atoms with E-state index in [1.54, 1.807) is 12.4 Å². The predicted octanol–water partition coefficient (Wildman–Crippen LogP) is 2.22. The summed E-state index contributed by atoms with van der Waals surface area (Å²) in [4.78, 5) is 19.8. The minimum absolute atomic E-state index is 0.00300. The van der Waals surface area contributed by atoms with Gasteiger partial charge < -0.3 is 5.32 Å². The number of carbonyl (C=O) groups is 1. The molecule has 0 unspecified atom stereocenters. The lowest BCUT2D eigenvalue weighted by molar-refractivity contribution is -0.118. The molecule has 0 atom stereocenters. The maximum Gasteiger partial charge on any atom is 0.226 e. The third-order valence-corrected chi connectivity index (χ3v) is 2.26. The SMILES string of the molecule is CC(C)C(=O)Nc1ccc2nccnc2c1. The molecule has 4 nitrogen and oxygen atoms in total. The van der Waals surface area contributed by atoms with Gasteiger partial charge in [-0.3, -0.25) is 14.8 Å². The average Bonchev–Trinajstić information content (AvgIpc) is 2.28. The highest BCUT2D eigenvalue weighted by Gasteiger charge is 2.07. The molecule has 0 spiro atoms. The summed E-state index contributed by atoms with van der Waals surface area (Å²) in [5.41, 5.74) is 2.36. The van der Waals surface area contributed by atoms with Gasteiger partial charge in [-0.1, -0.05) is 13.8 Å². The lowest BCUT2D eigenvalue weighted by Crippen LogP contribution is -2.17. The zero-order valence-corrected chi connectivity index (χ0v) is 9.27. The lowest BCUT2D eigenvalue weighted by Gasteiger charge is -2.07.